The average molecular weight is 764 g/mol. The predicted octanol–water partition coefficient (Wildman–Crippen LogP) is 11.5. The van der Waals surface area contributed by atoms with E-state index in [4.69, 9.17) is 24.3 Å². The average Bonchev–Trinajstić information content (AvgIpc) is 3.14. The van der Waals surface area contributed by atoms with Crippen LogP contribution in [-0.2, 0) is 32.7 Å². The lowest BCUT2D eigenvalue weighted by Gasteiger charge is -2.19. The van der Waals surface area contributed by atoms with Gasteiger partial charge >= 0.3 is 19.8 Å². The number of carbonyl (C=O) groups is 2. The van der Waals surface area contributed by atoms with Crippen molar-refractivity contribution in [2.75, 3.05) is 26.4 Å². The summed E-state index contributed by atoms with van der Waals surface area (Å²) in [5.41, 5.74) is 5.33. The fourth-order valence-electron chi connectivity index (χ4n) is 5.13. The van der Waals surface area contributed by atoms with Crippen LogP contribution in [0.5, 0.6) is 0 Å². The number of rotatable bonds is 37. The molecule has 0 radical (unpaired) electrons. The maximum atomic E-state index is 12.5. The molecule has 0 heterocycles. The van der Waals surface area contributed by atoms with Crippen LogP contribution in [0, 0.1) is 0 Å². The van der Waals surface area contributed by atoms with Gasteiger partial charge in [0.1, 0.15) is 6.61 Å². The molecule has 0 saturated heterocycles. The van der Waals surface area contributed by atoms with Gasteiger partial charge in [0.25, 0.3) is 0 Å². The van der Waals surface area contributed by atoms with Gasteiger partial charge in [0, 0.05) is 19.4 Å². The van der Waals surface area contributed by atoms with Crippen LogP contribution in [0.25, 0.3) is 0 Å². The molecular formula is C43H74NO8P. The fourth-order valence-corrected chi connectivity index (χ4v) is 5.89. The van der Waals surface area contributed by atoms with Crippen LogP contribution in [0.4, 0.5) is 0 Å². The molecule has 3 N–H and O–H groups in total. The summed E-state index contributed by atoms with van der Waals surface area (Å²) < 4.78 is 32.6. The van der Waals surface area contributed by atoms with E-state index >= 15 is 0 Å². The zero-order valence-electron chi connectivity index (χ0n) is 33.2. The van der Waals surface area contributed by atoms with Gasteiger partial charge in [0.05, 0.1) is 13.2 Å². The van der Waals surface area contributed by atoms with Gasteiger partial charge in [-0.25, -0.2) is 4.57 Å². The minimum Gasteiger partial charge on any atom is -0.462 e. The van der Waals surface area contributed by atoms with Gasteiger partial charge in [-0.15, -0.1) is 0 Å². The Morgan fingerprint density at radius 2 is 1.04 bits per heavy atom. The second-order valence-electron chi connectivity index (χ2n) is 13.1. The van der Waals surface area contributed by atoms with Crippen molar-refractivity contribution in [2.45, 2.75) is 161 Å². The predicted molar refractivity (Wildman–Crippen MR) is 219 cm³/mol. The molecule has 0 saturated carbocycles. The van der Waals surface area contributed by atoms with Crippen LogP contribution in [0.3, 0.4) is 0 Å². The lowest BCUT2D eigenvalue weighted by molar-refractivity contribution is -0.161. The first-order chi connectivity index (χ1) is 25.8. The number of esters is 2. The number of unbranched alkanes of at least 4 members (excludes halogenated alkanes) is 12. The van der Waals surface area contributed by atoms with E-state index < -0.39 is 32.5 Å². The molecule has 0 rings (SSSR count). The molecule has 0 bridgehead atoms. The zero-order valence-corrected chi connectivity index (χ0v) is 34.1. The first-order valence-corrected chi connectivity index (χ1v) is 21.9. The summed E-state index contributed by atoms with van der Waals surface area (Å²) in [6, 6.07) is 0. The molecule has 0 aromatic carbocycles. The van der Waals surface area contributed by atoms with E-state index in [1.54, 1.807) is 0 Å². The Kier molecular flexibility index (Phi) is 37.3. The third kappa shape index (κ3) is 39.0. The van der Waals surface area contributed by atoms with E-state index in [0.717, 1.165) is 57.8 Å². The van der Waals surface area contributed by atoms with Gasteiger partial charge in [-0.3, -0.25) is 18.6 Å². The highest BCUT2D eigenvalue weighted by Gasteiger charge is 2.25. The van der Waals surface area contributed by atoms with E-state index in [2.05, 4.69) is 74.6 Å². The minimum absolute atomic E-state index is 0.0415. The topological polar surface area (TPSA) is 134 Å². The van der Waals surface area contributed by atoms with Gasteiger partial charge in [-0.05, 0) is 51.4 Å². The fraction of sp³-hybridized carbons (Fsp3) is 0.674. The number of nitrogens with two attached hydrogens (primary N) is 1. The lowest BCUT2D eigenvalue weighted by Crippen LogP contribution is -2.29. The van der Waals surface area contributed by atoms with Crippen LogP contribution in [0.15, 0.2) is 72.9 Å². The van der Waals surface area contributed by atoms with E-state index in [1.165, 1.54) is 57.8 Å². The largest absolute Gasteiger partial charge is 0.472 e. The molecule has 0 aliphatic carbocycles. The highest BCUT2D eigenvalue weighted by Crippen LogP contribution is 2.43. The number of phosphoric acid groups is 1. The Bertz CT molecular complexity index is 1100. The van der Waals surface area contributed by atoms with Crippen LogP contribution < -0.4 is 5.73 Å². The highest BCUT2D eigenvalue weighted by atomic mass is 31.2. The number of hydrogen-bond donors (Lipinski definition) is 2. The van der Waals surface area contributed by atoms with Gasteiger partial charge in [-0.1, -0.05) is 164 Å². The van der Waals surface area contributed by atoms with Gasteiger partial charge < -0.3 is 20.1 Å². The summed E-state index contributed by atoms with van der Waals surface area (Å²) in [5.74, 6) is -0.931. The maximum absolute atomic E-state index is 12.5. The molecule has 0 aliphatic heterocycles. The first-order valence-electron chi connectivity index (χ1n) is 20.4. The molecular weight excluding hydrogens is 689 g/mol. The quantitative estimate of drug-likeness (QED) is 0.0274. The summed E-state index contributed by atoms with van der Waals surface area (Å²) >= 11 is 0. The van der Waals surface area contributed by atoms with E-state index in [9.17, 15) is 19.0 Å². The third-order valence-electron chi connectivity index (χ3n) is 8.12. The Morgan fingerprint density at radius 1 is 0.585 bits per heavy atom. The second-order valence-corrected chi connectivity index (χ2v) is 14.6. The van der Waals surface area contributed by atoms with Crippen LogP contribution in [0.1, 0.15) is 155 Å². The van der Waals surface area contributed by atoms with Crippen LogP contribution in [0.2, 0.25) is 0 Å². The third-order valence-corrected chi connectivity index (χ3v) is 9.10. The Balaban J connectivity index is 4.32. The van der Waals surface area contributed by atoms with Crippen LogP contribution in [-0.4, -0.2) is 49.3 Å². The summed E-state index contributed by atoms with van der Waals surface area (Å²) in [6.45, 7) is 3.51. The molecule has 2 unspecified atom stereocenters. The molecule has 0 aromatic heterocycles. The van der Waals surface area contributed by atoms with Gasteiger partial charge in [0.2, 0.25) is 0 Å². The molecule has 0 fully saturated rings. The van der Waals surface area contributed by atoms with Crippen molar-refractivity contribution in [3.63, 3.8) is 0 Å². The SMILES string of the molecule is CCC=CCC=CCC=CCC=CCC=CCC=CCCC(=O)OCC(COP(=O)(O)OCCN)OC(=O)CCCCCCCCCCCCCCC. The standard InChI is InChI=1S/C43H74NO8P/c1-3-5-7-9-11-13-15-17-18-19-20-21-22-24-25-27-29-31-33-35-42(45)49-39-41(40-51-53(47,48)50-38-37-44)52-43(46)36-34-32-30-28-26-23-16-14-12-10-8-6-4-2/h5,7,11,13,17-18,20-21,24-25,29,31,41H,3-4,6,8-10,12,14-16,19,22-23,26-28,30,32-40,44H2,1-2H3,(H,47,48). The van der Waals surface area contributed by atoms with Crippen molar-refractivity contribution in [1.29, 1.82) is 0 Å². The summed E-state index contributed by atoms with van der Waals surface area (Å²) in [6.07, 6.45) is 46.6. The summed E-state index contributed by atoms with van der Waals surface area (Å²) in [7, 11) is -4.39. The second kappa shape index (κ2) is 39.2. The Hall–Kier alpha value is -2.55. The van der Waals surface area contributed by atoms with Crippen molar-refractivity contribution in [3.05, 3.63) is 72.9 Å². The number of hydrogen-bond acceptors (Lipinski definition) is 8. The summed E-state index contributed by atoms with van der Waals surface area (Å²) in [4.78, 5) is 34.7. The molecule has 53 heavy (non-hydrogen) atoms. The van der Waals surface area contributed by atoms with E-state index in [-0.39, 0.29) is 32.6 Å². The molecule has 10 heteroatoms. The molecule has 304 valence electrons. The molecule has 0 aliphatic rings. The Labute approximate surface area is 322 Å². The van der Waals surface area contributed by atoms with Gasteiger partial charge in [0.15, 0.2) is 6.10 Å². The molecule has 0 aromatic rings. The number of phosphoric ester groups is 1. The van der Waals surface area contributed by atoms with Crippen molar-refractivity contribution in [2.24, 2.45) is 5.73 Å². The molecule has 0 spiro atoms. The van der Waals surface area contributed by atoms with Crippen molar-refractivity contribution in [1.82, 2.24) is 0 Å². The minimum atomic E-state index is -4.39. The smallest absolute Gasteiger partial charge is 0.462 e. The normalized spacial score (nSPS) is 14.1. The van der Waals surface area contributed by atoms with Crippen molar-refractivity contribution < 1.29 is 37.6 Å². The van der Waals surface area contributed by atoms with E-state index in [0.29, 0.717) is 12.8 Å². The molecule has 9 nitrogen and oxygen atoms in total. The van der Waals surface area contributed by atoms with Crippen LogP contribution >= 0.6 is 7.82 Å². The summed E-state index contributed by atoms with van der Waals surface area (Å²) in [5, 5.41) is 0. The monoisotopic (exact) mass is 764 g/mol. The highest BCUT2D eigenvalue weighted by molar-refractivity contribution is 7.47. The number of carbonyl (C=O) groups excluding carboxylic acids is 2. The van der Waals surface area contributed by atoms with E-state index in [1.807, 2.05) is 12.2 Å². The maximum Gasteiger partial charge on any atom is 0.472 e. The first kappa shape index (κ1) is 50.5. The molecule has 0 amide bonds. The number of ether oxygens (including phenoxy) is 2. The Morgan fingerprint density at radius 3 is 1.51 bits per heavy atom. The molecule has 2 atom stereocenters. The van der Waals surface area contributed by atoms with Crippen molar-refractivity contribution in [3.8, 4) is 0 Å². The zero-order chi connectivity index (χ0) is 38.9. The van der Waals surface area contributed by atoms with Crippen molar-refractivity contribution >= 4 is 19.8 Å². The number of allylic oxidation sites excluding steroid dienone is 12. The lowest BCUT2D eigenvalue weighted by atomic mass is 10.0. The van der Waals surface area contributed by atoms with Gasteiger partial charge in [-0.2, -0.15) is 0 Å².